The molecular weight excluding hydrogens is 322 g/mol. The van der Waals surface area contributed by atoms with Crippen LogP contribution in [0.15, 0.2) is 54.6 Å². The number of alkyl halides is 4. The van der Waals surface area contributed by atoms with Crippen LogP contribution in [-0.2, 0) is 22.2 Å². The molecule has 0 aliphatic rings. The van der Waals surface area contributed by atoms with E-state index in [0.29, 0.717) is 12.0 Å². The maximum absolute atomic E-state index is 14.4. The fourth-order valence-corrected chi connectivity index (χ4v) is 2.34. The zero-order valence-electron chi connectivity index (χ0n) is 13.2. The van der Waals surface area contributed by atoms with Crippen molar-refractivity contribution in [1.82, 2.24) is 5.32 Å². The first-order valence-corrected chi connectivity index (χ1v) is 7.26. The van der Waals surface area contributed by atoms with Crippen LogP contribution in [0, 0.1) is 0 Å². The molecular formula is C18H17F4NO. The Kier molecular flexibility index (Phi) is 4.69. The van der Waals surface area contributed by atoms with Crippen LogP contribution < -0.4 is 5.32 Å². The van der Waals surface area contributed by atoms with E-state index in [2.05, 4.69) is 5.32 Å². The normalized spacial score (nSPS) is 12.8. The summed E-state index contributed by atoms with van der Waals surface area (Å²) in [6.45, 7) is 3.35. The Morgan fingerprint density at radius 3 is 1.62 bits per heavy atom. The van der Waals surface area contributed by atoms with E-state index in [1.807, 2.05) is 0 Å². The van der Waals surface area contributed by atoms with Crippen molar-refractivity contribution in [1.29, 1.82) is 0 Å². The molecule has 0 spiro atoms. The molecule has 1 amide bonds. The molecule has 0 aromatic heterocycles. The summed E-state index contributed by atoms with van der Waals surface area (Å²) in [5.74, 6) is -8.71. The number of halogens is 4. The Labute approximate surface area is 137 Å². The first-order valence-electron chi connectivity index (χ1n) is 7.26. The van der Waals surface area contributed by atoms with Gasteiger partial charge in [0.2, 0.25) is 6.41 Å². The average Bonchev–Trinajstić information content (AvgIpc) is 2.55. The van der Waals surface area contributed by atoms with Crippen LogP contribution in [0.4, 0.5) is 17.6 Å². The molecule has 2 rings (SSSR count). The maximum atomic E-state index is 14.4. The minimum absolute atomic E-state index is 0.492. The van der Waals surface area contributed by atoms with Gasteiger partial charge in [-0.15, -0.1) is 0 Å². The summed E-state index contributed by atoms with van der Waals surface area (Å²) in [5, 5.41) is 2.54. The third-order valence-corrected chi connectivity index (χ3v) is 3.92. The van der Waals surface area contributed by atoms with E-state index in [9.17, 15) is 22.4 Å². The summed E-state index contributed by atoms with van der Waals surface area (Å²) >= 11 is 0. The van der Waals surface area contributed by atoms with E-state index in [1.54, 1.807) is 13.8 Å². The highest BCUT2D eigenvalue weighted by molar-refractivity contribution is 5.49. The molecule has 0 aliphatic carbocycles. The summed E-state index contributed by atoms with van der Waals surface area (Å²) in [6.07, 6.45) is 0.492. The lowest BCUT2D eigenvalue weighted by Gasteiger charge is -2.29. The van der Waals surface area contributed by atoms with Crippen molar-refractivity contribution < 1.29 is 22.4 Å². The molecule has 0 aliphatic heterocycles. The second-order valence-corrected chi connectivity index (χ2v) is 5.98. The summed E-state index contributed by atoms with van der Waals surface area (Å²) in [6, 6.07) is 10.5. The molecule has 0 heterocycles. The van der Waals surface area contributed by atoms with E-state index >= 15 is 0 Å². The van der Waals surface area contributed by atoms with Crippen molar-refractivity contribution in [2.24, 2.45) is 0 Å². The van der Waals surface area contributed by atoms with Gasteiger partial charge >= 0.3 is 11.8 Å². The summed E-state index contributed by atoms with van der Waals surface area (Å²) in [7, 11) is 0. The van der Waals surface area contributed by atoms with Gasteiger partial charge in [-0.3, -0.25) is 4.79 Å². The summed E-state index contributed by atoms with van der Waals surface area (Å²) in [4.78, 5) is 10.6. The van der Waals surface area contributed by atoms with Crippen LogP contribution in [0.1, 0.15) is 30.5 Å². The molecule has 0 unspecified atom stereocenters. The Hall–Kier alpha value is -2.37. The third-order valence-electron chi connectivity index (χ3n) is 3.92. The molecule has 24 heavy (non-hydrogen) atoms. The second-order valence-electron chi connectivity index (χ2n) is 5.98. The van der Waals surface area contributed by atoms with Gasteiger partial charge in [0.1, 0.15) is 0 Å². The molecule has 2 nitrogen and oxygen atoms in total. The van der Waals surface area contributed by atoms with E-state index in [4.69, 9.17) is 0 Å². The van der Waals surface area contributed by atoms with Crippen molar-refractivity contribution in [2.75, 3.05) is 0 Å². The van der Waals surface area contributed by atoms with Gasteiger partial charge in [-0.1, -0.05) is 54.6 Å². The largest absolute Gasteiger partial charge is 0.350 e. The van der Waals surface area contributed by atoms with Crippen LogP contribution in [-0.4, -0.2) is 6.41 Å². The SMILES string of the molecule is CC(C)(NC=O)c1ccc(C(F)(F)C(F)(F)c2ccccc2)cc1. The summed E-state index contributed by atoms with van der Waals surface area (Å²) < 4.78 is 57.3. The fourth-order valence-electron chi connectivity index (χ4n) is 2.34. The van der Waals surface area contributed by atoms with E-state index in [0.717, 1.165) is 24.3 Å². The molecule has 2 aromatic rings. The Bertz CT molecular complexity index is 697. The zero-order chi connectivity index (χ0) is 18.0. The molecule has 1 N–H and O–H groups in total. The van der Waals surface area contributed by atoms with Gasteiger partial charge in [0.05, 0.1) is 5.54 Å². The Balaban J connectivity index is 2.38. The lowest BCUT2D eigenvalue weighted by atomic mass is 9.90. The maximum Gasteiger partial charge on any atom is 0.339 e. The highest BCUT2D eigenvalue weighted by Crippen LogP contribution is 2.49. The molecule has 0 atom stereocenters. The topological polar surface area (TPSA) is 29.1 Å². The Morgan fingerprint density at radius 1 is 0.750 bits per heavy atom. The number of hydrogen-bond donors (Lipinski definition) is 1. The van der Waals surface area contributed by atoms with E-state index in [-0.39, 0.29) is 0 Å². The molecule has 2 aromatic carbocycles. The number of carbonyl (C=O) groups excluding carboxylic acids is 1. The fraction of sp³-hybridized carbons (Fsp3) is 0.278. The second kappa shape index (κ2) is 6.26. The summed E-state index contributed by atoms with van der Waals surface area (Å²) in [5.41, 5.74) is -1.81. The minimum atomic E-state index is -4.37. The van der Waals surface area contributed by atoms with Gasteiger partial charge in [-0.25, -0.2) is 0 Å². The molecule has 6 heteroatoms. The highest BCUT2D eigenvalue weighted by Gasteiger charge is 2.58. The van der Waals surface area contributed by atoms with Gasteiger partial charge in [0, 0.05) is 11.1 Å². The van der Waals surface area contributed by atoms with Crippen LogP contribution >= 0.6 is 0 Å². The number of benzene rings is 2. The average molecular weight is 339 g/mol. The molecule has 0 saturated heterocycles. The predicted molar refractivity (Wildman–Crippen MR) is 82.9 cm³/mol. The molecule has 0 radical (unpaired) electrons. The van der Waals surface area contributed by atoms with Crippen LogP contribution in [0.5, 0.6) is 0 Å². The predicted octanol–water partition coefficient (Wildman–Crippen LogP) is 4.55. The van der Waals surface area contributed by atoms with Gasteiger partial charge in [0.15, 0.2) is 0 Å². The number of nitrogens with one attached hydrogen (secondary N) is 1. The zero-order valence-corrected chi connectivity index (χ0v) is 13.2. The molecule has 0 saturated carbocycles. The molecule has 0 bridgehead atoms. The van der Waals surface area contributed by atoms with Crippen molar-refractivity contribution in [3.05, 3.63) is 71.3 Å². The smallest absolute Gasteiger partial charge is 0.339 e. The van der Waals surface area contributed by atoms with Crippen molar-refractivity contribution in [2.45, 2.75) is 31.2 Å². The quantitative estimate of drug-likeness (QED) is 0.607. The highest BCUT2D eigenvalue weighted by atomic mass is 19.3. The number of carbonyl (C=O) groups is 1. The lowest BCUT2D eigenvalue weighted by Crippen LogP contribution is -2.37. The first kappa shape index (κ1) is 18.0. The van der Waals surface area contributed by atoms with E-state index in [1.165, 1.54) is 30.3 Å². The standard InChI is InChI=1S/C18H17F4NO/c1-16(2,23-12-24)13-8-10-15(11-9-13)18(21,22)17(19,20)14-6-4-3-5-7-14/h3-12H,1-2H3,(H,23,24). The molecule has 128 valence electrons. The van der Waals surface area contributed by atoms with Crippen molar-refractivity contribution in [3.8, 4) is 0 Å². The number of hydrogen-bond acceptors (Lipinski definition) is 1. The Morgan fingerprint density at radius 2 is 1.17 bits per heavy atom. The van der Waals surface area contributed by atoms with Crippen molar-refractivity contribution >= 4 is 6.41 Å². The third kappa shape index (κ3) is 3.13. The van der Waals surface area contributed by atoms with Gasteiger partial charge < -0.3 is 5.32 Å². The van der Waals surface area contributed by atoms with Crippen LogP contribution in [0.2, 0.25) is 0 Å². The van der Waals surface area contributed by atoms with Crippen molar-refractivity contribution in [3.63, 3.8) is 0 Å². The van der Waals surface area contributed by atoms with Gasteiger partial charge in [-0.2, -0.15) is 17.6 Å². The monoisotopic (exact) mass is 339 g/mol. The van der Waals surface area contributed by atoms with Gasteiger partial charge in [-0.05, 0) is 19.4 Å². The number of rotatable bonds is 6. The van der Waals surface area contributed by atoms with Gasteiger partial charge in [0.25, 0.3) is 0 Å². The van der Waals surface area contributed by atoms with E-state index < -0.39 is 28.5 Å². The molecule has 0 fully saturated rings. The minimum Gasteiger partial charge on any atom is -0.350 e. The van der Waals surface area contributed by atoms with Crippen LogP contribution in [0.3, 0.4) is 0 Å². The number of amides is 1. The lowest BCUT2D eigenvalue weighted by molar-refractivity contribution is -0.223. The van der Waals surface area contributed by atoms with Crippen LogP contribution in [0.25, 0.3) is 0 Å². The first-order chi connectivity index (χ1) is 11.1.